The number of halogens is 1. The summed E-state index contributed by atoms with van der Waals surface area (Å²) in [6.07, 6.45) is 4.79. The molecule has 4 rings (SSSR count). The summed E-state index contributed by atoms with van der Waals surface area (Å²) in [5.74, 6) is 2.38. The molecule has 34 heavy (non-hydrogen) atoms. The van der Waals surface area contributed by atoms with E-state index in [0.717, 1.165) is 11.1 Å². The topological polar surface area (TPSA) is 74.0 Å². The quantitative estimate of drug-likeness (QED) is 0.477. The summed E-state index contributed by atoms with van der Waals surface area (Å²) in [5, 5.41) is 0. The molecule has 1 aliphatic heterocycles. The second kappa shape index (κ2) is 10.4. The molecule has 0 saturated carbocycles. The van der Waals surface area contributed by atoms with Crippen LogP contribution in [0.5, 0.6) is 17.2 Å². The highest BCUT2D eigenvalue weighted by Gasteiger charge is 2.23. The van der Waals surface area contributed by atoms with Gasteiger partial charge in [0.2, 0.25) is 5.91 Å². The van der Waals surface area contributed by atoms with Crippen LogP contribution >= 0.6 is 0 Å². The van der Waals surface area contributed by atoms with Gasteiger partial charge in [0.15, 0.2) is 11.7 Å². The molecule has 1 aliphatic rings. The maximum absolute atomic E-state index is 14.0. The average Bonchev–Trinajstić information content (AvgIpc) is 3.35. The predicted molar refractivity (Wildman–Crippen MR) is 125 cm³/mol. The smallest absolute Gasteiger partial charge is 0.223 e. The van der Waals surface area contributed by atoms with Gasteiger partial charge >= 0.3 is 0 Å². The van der Waals surface area contributed by atoms with Gasteiger partial charge < -0.3 is 23.5 Å². The van der Waals surface area contributed by atoms with Crippen LogP contribution in [-0.2, 0) is 11.2 Å². The van der Waals surface area contributed by atoms with Gasteiger partial charge in [0.1, 0.15) is 23.1 Å². The second-order valence-corrected chi connectivity index (χ2v) is 7.82. The van der Waals surface area contributed by atoms with E-state index in [1.54, 1.807) is 44.4 Å². The lowest BCUT2D eigenvalue weighted by Gasteiger charge is -2.28. The summed E-state index contributed by atoms with van der Waals surface area (Å²) in [6.45, 7) is 1.06. The Balaban J connectivity index is 1.40. The van der Waals surface area contributed by atoms with Crippen LogP contribution in [0.4, 0.5) is 4.39 Å². The van der Waals surface area contributed by atoms with Crippen molar-refractivity contribution in [3.8, 4) is 28.6 Å². The zero-order valence-electron chi connectivity index (χ0n) is 19.5. The zero-order chi connectivity index (χ0) is 24.1. The first-order valence-corrected chi connectivity index (χ1v) is 11.0. The number of rotatable bonds is 8. The first-order chi connectivity index (χ1) is 16.5. The number of hydrogen-bond donors (Lipinski definition) is 0. The third-order valence-corrected chi connectivity index (χ3v) is 5.84. The van der Waals surface area contributed by atoms with Crippen molar-refractivity contribution in [2.24, 2.45) is 0 Å². The zero-order valence-corrected chi connectivity index (χ0v) is 19.5. The van der Waals surface area contributed by atoms with Crippen molar-refractivity contribution in [3.05, 3.63) is 65.9 Å². The summed E-state index contributed by atoms with van der Waals surface area (Å²) in [6, 6.07) is 10.0. The molecule has 1 amide bonds. The summed E-state index contributed by atoms with van der Waals surface area (Å²) in [7, 11) is 4.81. The Morgan fingerprint density at radius 3 is 2.47 bits per heavy atom. The van der Waals surface area contributed by atoms with Crippen LogP contribution in [0, 0.1) is 5.82 Å². The highest BCUT2D eigenvalue weighted by molar-refractivity contribution is 5.81. The molecule has 0 bridgehead atoms. The Bertz CT molecular complexity index is 1180. The largest absolute Gasteiger partial charge is 0.496 e. The minimum absolute atomic E-state index is 0.00889. The summed E-state index contributed by atoms with van der Waals surface area (Å²) >= 11 is 0. The fraction of sp³-hybridized carbons (Fsp3) is 0.308. The molecule has 0 fully saturated rings. The van der Waals surface area contributed by atoms with Gasteiger partial charge in [0.05, 0.1) is 38.7 Å². The van der Waals surface area contributed by atoms with Crippen LogP contribution in [0.3, 0.4) is 0 Å². The first-order valence-electron chi connectivity index (χ1n) is 11.0. The number of methoxy groups -OCH3 is 3. The molecule has 7 nitrogen and oxygen atoms in total. The molecule has 0 saturated heterocycles. The van der Waals surface area contributed by atoms with Gasteiger partial charge in [0.25, 0.3) is 0 Å². The minimum atomic E-state index is -0.373. The van der Waals surface area contributed by atoms with E-state index in [1.165, 1.54) is 12.3 Å². The fourth-order valence-corrected chi connectivity index (χ4v) is 4.03. The monoisotopic (exact) mass is 466 g/mol. The molecule has 0 spiro atoms. The maximum atomic E-state index is 14.0. The lowest BCUT2D eigenvalue weighted by Crippen LogP contribution is -2.34. The van der Waals surface area contributed by atoms with Gasteiger partial charge in [0, 0.05) is 38.1 Å². The van der Waals surface area contributed by atoms with E-state index in [0.29, 0.717) is 60.4 Å². The summed E-state index contributed by atoms with van der Waals surface area (Å²) in [5.41, 5.74) is 2.28. The number of aryl methyl sites for hydroxylation is 1. The second-order valence-electron chi connectivity index (χ2n) is 7.82. The van der Waals surface area contributed by atoms with Crippen LogP contribution in [0.2, 0.25) is 0 Å². The normalized spacial score (nSPS) is 13.4. The first kappa shape index (κ1) is 23.4. The van der Waals surface area contributed by atoms with Crippen molar-refractivity contribution in [2.45, 2.75) is 19.3 Å². The van der Waals surface area contributed by atoms with Crippen LogP contribution in [0.25, 0.3) is 16.9 Å². The van der Waals surface area contributed by atoms with Gasteiger partial charge in [-0.2, -0.15) is 0 Å². The molecule has 0 atom stereocenters. The Morgan fingerprint density at radius 2 is 1.85 bits per heavy atom. The van der Waals surface area contributed by atoms with Crippen molar-refractivity contribution < 1.29 is 27.8 Å². The van der Waals surface area contributed by atoms with Gasteiger partial charge in [-0.25, -0.2) is 9.37 Å². The Labute approximate surface area is 197 Å². The Hall–Kier alpha value is -3.81. The average molecular weight is 467 g/mol. The Kier molecular flexibility index (Phi) is 7.15. The number of carbonyl (C=O) groups excluding carboxylic acids is 1. The van der Waals surface area contributed by atoms with Crippen LogP contribution in [0.15, 0.2) is 53.1 Å². The van der Waals surface area contributed by atoms with Crippen molar-refractivity contribution in [2.75, 3.05) is 34.4 Å². The predicted octanol–water partition coefficient (Wildman–Crippen LogP) is 4.76. The van der Waals surface area contributed by atoms with E-state index >= 15 is 0 Å². The van der Waals surface area contributed by atoms with E-state index in [4.69, 9.17) is 18.6 Å². The third-order valence-electron chi connectivity index (χ3n) is 5.84. The fourth-order valence-electron chi connectivity index (χ4n) is 4.03. The Morgan fingerprint density at radius 1 is 1.12 bits per heavy atom. The highest BCUT2D eigenvalue weighted by atomic mass is 19.1. The molecule has 2 aromatic carbocycles. The number of aromatic nitrogens is 1. The molecule has 0 unspecified atom stereocenters. The molecule has 8 heteroatoms. The van der Waals surface area contributed by atoms with E-state index < -0.39 is 0 Å². The molecule has 2 heterocycles. The lowest BCUT2D eigenvalue weighted by molar-refractivity contribution is -0.130. The summed E-state index contributed by atoms with van der Waals surface area (Å²) in [4.78, 5) is 18.8. The van der Waals surface area contributed by atoms with Crippen molar-refractivity contribution in [3.63, 3.8) is 0 Å². The van der Waals surface area contributed by atoms with E-state index in [-0.39, 0.29) is 18.1 Å². The minimum Gasteiger partial charge on any atom is -0.496 e. The van der Waals surface area contributed by atoms with Crippen LogP contribution in [-0.4, -0.2) is 50.2 Å². The molecule has 0 N–H and O–H groups in total. The number of hydrogen-bond acceptors (Lipinski definition) is 6. The SMILES string of the molecule is COc1cc(OC)c(C2=CCN(C(=O)CCc3ncc(-c4ccccc4F)o3)CC2)c(OC)c1. The van der Waals surface area contributed by atoms with Crippen molar-refractivity contribution >= 4 is 11.5 Å². The van der Waals surface area contributed by atoms with Crippen LogP contribution in [0.1, 0.15) is 24.3 Å². The van der Waals surface area contributed by atoms with Gasteiger partial charge in [-0.3, -0.25) is 4.79 Å². The number of nitrogens with zero attached hydrogens (tertiary/aromatic N) is 2. The molecule has 0 aliphatic carbocycles. The maximum Gasteiger partial charge on any atom is 0.223 e. The lowest BCUT2D eigenvalue weighted by atomic mass is 9.97. The van der Waals surface area contributed by atoms with Crippen molar-refractivity contribution in [1.82, 2.24) is 9.88 Å². The number of ether oxygens (including phenoxy) is 3. The van der Waals surface area contributed by atoms with Crippen molar-refractivity contribution in [1.29, 1.82) is 0 Å². The molecular formula is C26H27FN2O5. The van der Waals surface area contributed by atoms with Gasteiger partial charge in [-0.1, -0.05) is 18.2 Å². The molecule has 0 radical (unpaired) electrons. The van der Waals surface area contributed by atoms with E-state index in [9.17, 15) is 9.18 Å². The number of oxazole rings is 1. The molecular weight excluding hydrogens is 439 g/mol. The number of benzene rings is 2. The molecule has 3 aromatic rings. The van der Waals surface area contributed by atoms with E-state index in [1.807, 2.05) is 18.2 Å². The highest BCUT2D eigenvalue weighted by Crippen LogP contribution is 2.40. The number of amides is 1. The van der Waals surface area contributed by atoms with Gasteiger partial charge in [-0.15, -0.1) is 0 Å². The van der Waals surface area contributed by atoms with Crippen LogP contribution < -0.4 is 14.2 Å². The molecule has 1 aromatic heterocycles. The van der Waals surface area contributed by atoms with E-state index in [2.05, 4.69) is 4.98 Å². The number of carbonyl (C=O) groups is 1. The van der Waals surface area contributed by atoms with Gasteiger partial charge in [-0.05, 0) is 24.1 Å². The molecule has 178 valence electrons. The third kappa shape index (κ3) is 4.90. The standard InChI is InChI=1S/C26H27FN2O5/c1-31-18-14-21(32-2)26(22(15-18)33-3)17-10-12-29(13-11-17)25(30)9-8-24-28-16-23(34-24)19-6-4-5-7-20(19)27/h4-7,10,14-16H,8-9,11-13H2,1-3H3. The summed E-state index contributed by atoms with van der Waals surface area (Å²) < 4.78 is 36.1.